The van der Waals surface area contributed by atoms with E-state index in [1.807, 2.05) is 39.0 Å². The number of nitrogen functional groups attached to an aromatic ring is 1. The first-order valence-electron chi connectivity index (χ1n) is 7.33. The van der Waals surface area contributed by atoms with Crippen LogP contribution in [-0.2, 0) is 4.74 Å². The van der Waals surface area contributed by atoms with Gasteiger partial charge in [-0.05, 0) is 45.7 Å². The van der Waals surface area contributed by atoms with Gasteiger partial charge < -0.3 is 20.1 Å². The van der Waals surface area contributed by atoms with Crippen LogP contribution in [-0.4, -0.2) is 35.8 Å². The molecule has 1 aromatic carbocycles. The number of amides is 1. The number of hydrogen-bond acceptors (Lipinski definition) is 4. The molecule has 0 bridgehead atoms. The zero-order valence-corrected chi connectivity index (χ0v) is 13.0. The fourth-order valence-corrected chi connectivity index (χ4v) is 2.37. The Labute approximate surface area is 126 Å². The summed E-state index contributed by atoms with van der Waals surface area (Å²) < 4.78 is 11.2. The molecule has 2 rings (SSSR count). The van der Waals surface area contributed by atoms with Crippen molar-refractivity contribution in [2.45, 2.75) is 45.3 Å². The van der Waals surface area contributed by atoms with Crippen LogP contribution in [0.4, 0.5) is 10.5 Å². The topological polar surface area (TPSA) is 64.8 Å². The monoisotopic (exact) mass is 292 g/mol. The molecule has 5 heteroatoms. The molecule has 0 spiro atoms. The van der Waals surface area contributed by atoms with Gasteiger partial charge in [0.1, 0.15) is 18.0 Å². The maximum absolute atomic E-state index is 12.2. The molecule has 2 N–H and O–H groups in total. The summed E-state index contributed by atoms with van der Waals surface area (Å²) in [7, 11) is 0. The molecule has 0 saturated carbocycles. The van der Waals surface area contributed by atoms with Gasteiger partial charge >= 0.3 is 6.09 Å². The molecule has 0 aliphatic carbocycles. The predicted molar refractivity (Wildman–Crippen MR) is 82.3 cm³/mol. The second-order valence-electron chi connectivity index (χ2n) is 6.35. The molecule has 5 nitrogen and oxygen atoms in total. The van der Waals surface area contributed by atoms with E-state index in [9.17, 15) is 4.79 Å². The molecule has 1 heterocycles. The second-order valence-corrected chi connectivity index (χ2v) is 6.35. The Bertz CT molecular complexity index is 497. The van der Waals surface area contributed by atoms with Gasteiger partial charge in [0.15, 0.2) is 0 Å². The normalized spacial score (nSPS) is 18.6. The average Bonchev–Trinajstić information content (AvgIpc) is 2.83. The minimum atomic E-state index is -0.473. The standard InChI is InChI=1S/C16H24N2O3/c1-16(2,3)21-15(19)18-9-5-7-13(18)11-20-14-8-4-6-12(17)10-14/h4,6,8,10,13H,5,7,9,11,17H2,1-3H3. The third kappa shape index (κ3) is 4.55. The number of nitrogens with two attached hydrogens (primary N) is 1. The van der Waals surface area contributed by atoms with Crippen molar-refractivity contribution in [2.75, 3.05) is 18.9 Å². The van der Waals surface area contributed by atoms with Gasteiger partial charge in [0.05, 0.1) is 6.04 Å². The maximum atomic E-state index is 12.2. The molecule has 116 valence electrons. The first-order valence-corrected chi connectivity index (χ1v) is 7.33. The Kier molecular flexibility index (Phi) is 4.60. The van der Waals surface area contributed by atoms with Crippen LogP contribution in [0.3, 0.4) is 0 Å². The molecule has 1 saturated heterocycles. The maximum Gasteiger partial charge on any atom is 0.410 e. The number of nitrogens with zero attached hydrogens (tertiary/aromatic N) is 1. The summed E-state index contributed by atoms with van der Waals surface area (Å²) in [6, 6.07) is 7.37. The lowest BCUT2D eigenvalue weighted by Crippen LogP contribution is -2.42. The Morgan fingerprint density at radius 1 is 1.43 bits per heavy atom. The van der Waals surface area contributed by atoms with Gasteiger partial charge in [-0.3, -0.25) is 0 Å². The SMILES string of the molecule is CC(C)(C)OC(=O)N1CCCC1COc1cccc(N)c1. The predicted octanol–water partition coefficient (Wildman–Crippen LogP) is 3.05. The largest absolute Gasteiger partial charge is 0.491 e. The fourth-order valence-electron chi connectivity index (χ4n) is 2.37. The van der Waals surface area contributed by atoms with Crippen LogP contribution in [0.2, 0.25) is 0 Å². The van der Waals surface area contributed by atoms with E-state index in [4.69, 9.17) is 15.2 Å². The smallest absolute Gasteiger partial charge is 0.410 e. The van der Waals surface area contributed by atoms with Gasteiger partial charge in [0.25, 0.3) is 0 Å². The Balaban J connectivity index is 1.91. The molecule has 0 aromatic heterocycles. The number of rotatable bonds is 3. The highest BCUT2D eigenvalue weighted by atomic mass is 16.6. The zero-order valence-electron chi connectivity index (χ0n) is 13.0. The summed E-state index contributed by atoms with van der Waals surface area (Å²) in [5.41, 5.74) is 5.92. The lowest BCUT2D eigenvalue weighted by molar-refractivity contribution is 0.0187. The molecule has 21 heavy (non-hydrogen) atoms. The van der Waals surface area contributed by atoms with Crippen LogP contribution in [0.15, 0.2) is 24.3 Å². The van der Waals surface area contributed by atoms with Crippen LogP contribution in [0.1, 0.15) is 33.6 Å². The van der Waals surface area contributed by atoms with E-state index in [-0.39, 0.29) is 12.1 Å². The third-order valence-corrected chi connectivity index (χ3v) is 3.31. The quantitative estimate of drug-likeness (QED) is 0.870. The van der Waals surface area contributed by atoms with Gasteiger partial charge in [0, 0.05) is 18.3 Å². The van der Waals surface area contributed by atoms with Crippen LogP contribution in [0.25, 0.3) is 0 Å². The molecule has 0 radical (unpaired) electrons. The number of hydrogen-bond donors (Lipinski definition) is 1. The minimum Gasteiger partial charge on any atom is -0.491 e. The molecular formula is C16H24N2O3. The van der Waals surface area contributed by atoms with E-state index in [0.717, 1.165) is 25.1 Å². The van der Waals surface area contributed by atoms with Gasteiger partial charge in [-0.1, -0.05) is 6.07 Å². The number of ether oxygens (including phenoxy) is 2. The zero-order chi connectivity index (χ0) is 15.5. The number of likely N-dealkylation sites (tertiary alicyclic amines) is 1. The van der Waals surface area contributed by atoms with Gasteiger partial charge in [-0.2, -0.15) is 0 Å². The van der Waals surface area contributed by atoms with Crippen molar-refractivity contribution in [3.63, 3.8) is 0 Å². The van der Waals surface area contributed by atoms with E-state index < -0.39 is 5.60 Å². The number of anilines is 1. The van der Waals surface area contributed by atoms with Crippen molar-refractivity contribution < 1.29 is 14.3 Å². The summed E-state index contributed by atoms with van der Waals surface area (Å²) in [6.07, 6.45) is 1.65. The lowest BCUT2D eigenvalue weighted by Gasteiger charge is -2.28. The molecule has 1 amide bonds. The van der Waals surface area contributed by atoms with Crippen molar-refractivity contribution in [2.24, 2.45) is 0 Å². The van der Waals surface area contributed by atoms with Crippen molar-refractivity contribution >= 4 is 11.8 Å². The molecule has 1 aliphatic rings. The number of carbonyl (C=O) groups is 1. The molecular weight excluding hydrogens is 268 g/mol. The van der Waals surface area contributed by atoms with E-state index >= 15 is 0 Å². The van der Waals surface area contributed by atoms with E-state index in [2.05, 4.69) is 0 Å². The summed E-state index contributed by atoms with van der Waals surface area (Å²) in [6.45, 7) is 6.81. The Hall–Kier alpha value is -1.91. The highest BCUT2D eigenvalue weighted by Crippen LogP contribution is 2.22. The average molecular weight is 292 g/mol. The molecule has 1 atom stereocenters. The Morgan fingerprint density at radius 2 is 2.19 bits per heavy atom. The van der Waals surface area contributed by atoms with Crippen molar-refractivity contribution in [1.29, 1.82) is 0 Å². The highest BCUT2D eigenvalue weighted by Gasteiger charge is 2.32. The number of carbonyl (C=O) groups excluding carboxylic acids is 1. The van der Waals surface area contributed by atoms with E-state index in [0.29, 0.717) is 12.3 Å². The van der Waals surface area contributed by atoms with Crippen LogP contribution < -0.4 is 10.5 Å². The minimum absolute atomic E-state index is 0.0567. The van der Waals surface area contributed by atoms with Gasteiger partial charge in [0.2, 0.25) is 0 Å². The van der Waals surface area contributed by atoms with Crippen LogP contribution in [0, 0.1) is 0 Å². The Morgan fingerprint density at radius 3 is 2.86 bits per heavy atom. The number of benzene rings is 1. The second kappa shape index (κ2) is 6.24. The molecule has 1 fully saturated rings. The summed E-state index contributed by atoms with van der Waals surface area (Å²) in [4.78, 5) is 13.9. The summed E-state index contributed by atoms with van der Waals surface area (Å²) in [5, 5.41) is 0. The van der Waals surface area contributed by atoms with Gasteiger partial charge in [-0.25, -0.2) is 4.79 Å². The third-order valence-electron chi connectivity index (χ3n) is 3.31. The van der Waals surface area contributed by atoms with Crippen molar-refractivity contribution in [3.05, 3.63) is 24.3 Å². The summed E-state index contributed by atoms with van der Waals surface area (Å²) >= 11 is 0. The van der Waals surface area contributed by atoms with Crippen LogP contribution >= 0.6 is 0 Å². The van der Waals surface area contributed by atoms with Crippen molar-refractivity contribution in [3.8, 4) is 5.75 Å². The van der Waals surface area contributed by atoms with Crippen LogP contribution in [0.5, 0.6) is 5.75 Å². The van der Waals surface area contributed by atoms with Gasteiger partial charge in [-0.15, -0.1) is 0 Å². The van der Waals surface area contributed by atoms with E-state index in [1.54, 1.807) is 11.0 Å². The van der Waals surface area contributed by atoms with E-state index in [1.165, 1.54) is 0 Å². The molecule has 1 aliphatic heterocycles. The lowest BCUT2D eigenvalue weighted by atomic mass is 10.2. The highest BCUT2D eigenvalue weighted by molar-refractivity contribution is 5.69. The molecule has 1 unspecified atom stereocenters. The molecule has 1 aromatic rings. The van der Waals surface area contributed by atoms with Crippen molar-refractivity contribution in [1.82, 2.24) is 4.90 Å². The first-order chi connectivity index (χ1) is 9.85. The fraction of sp³-hybridized carbons (Fsp3) is 0.562. The summed E-state index contributed by atoms with van der Waals surface area (Å²) in [5.74, 6) is 0.728. The first kappa shape index (κ1) is 15.5.